The Kier molecular flexibility index (Phi) is 5.28. The van der Waals surface area contributed by atoms with Crippen molar-refractivity contribution in [3.05, 3.63) is 119 Å². The normalized spacial score (nSPS) is 11.2. The molecule has 0 aliphatic heterocycles. The van der Waals surface area contributed by atoms with Gasteiger partial charge in [0, 0.05) is 0 Å². The third-order valence-corrected chi connectivity index (χ3v) is 4.93. The molecule has 7 heteroatoms. The zero-order chi connectivity index (χ0) is 21.8. The summed E-state index contributed by atoms with van der Waals surface area (Å²) in [5.74, 6) is 0.764. The monoisotopic (exact) mass is 421 g/mol. The van der Waals surface area contributed by atoms with Crippen molar-refractivity contribution >= 4 is 17.2 Å². The molecule has 2 heterocycles. The number of hydrogen-bond donors (Lipinski definition) is 0. The second-order valence-electron chi connectivity index (χ2n) is 7.11. The van der Waals surface area contributed by atoms with Crippen LogP contribution in [0, 0.1) is 0 Å². The summed E-state index contributed by atoms with van der Waals surface area (Å²) in [7, 11) is 0. The fourth-order valence-electron chi connectivity index (χ4n) is 3.26. The smallest absolute Gasteiger partial charge is 0.285 e. The first-order valence-corrected chi connectivity index (χ1v) is 10.1. The molecule has 3 aromatic carbocycles. The van der Waals surface area contributed by atoms with Gasteiger partial charge in [-0.25, -0.2) is 9.67 Å². The van der Waals surface area contributed by atoms with Crippen LogP contribution in [0.1, 0.15) is 11.1 Å². The zero-order valence-corrected chi connectivity index (χ0v) is 17.1. The van der Waals surface area contributed by atoms with E-state index in [9.17, 15) is 4.79 Å². The summed E-state index contributed by atoms with van der Waals surface area (Å²) in [6.07, 6.45) is 4.53. The van der Waals surface area contributed by atoms with Gasteiger partial charge in [-0.15, -0.1) is 0 Å². The predicted molar refractivity (Wildman–Crippen MR) is 123 cm³/mol. The summed E-state index contributed by atoms with van der Waals surface area (Å²) in [6.45, 7) is 0.506. The average Bonchev–Trinajstić information content (AvgIpc) is 3.29. The summed E-state index contributed by atoms with van der Waals surface area (Å²) in [5, 5.41) is 8.98. The van der Waals surface area contributed by atoms with Gasteiger partial charge in [0.05, 0.1) is 18.1 Å². The van der Waals surface area contributed by atoms with Crippen LogP contribution in [-0.4, -0.2) is 25.7 Å². The highest BCUT2D eigenvalue weighted by atomic mass is 16.5. The van der Waals surface area contributed by atoms with Gasteiger partial charge in [0.1, 0.15) is 24.1 Å². The van der Waals surface area contributed by atoms with E-state index in [2.05, 4.69) is 15.2 Å². The number of para-hydroxylation sites is 1. The maximum Gasteiger partial charge on any atom is 0.285 e. The van der Waals surface area contributed by atoms with Gasteiger partial charge in [0.15, 0.2) is 5.65 Å². The fourth-order valence-corrected chi connectivity index (χ4v) is 3.26. The molecule has 0 fully saturated rings. The van der Waals surface area contributed by atoms with E-state index in [-0.39, 0.29) is 5.56 Å². The summed E-state index contributed by atoms with van der Waals surface area (Å²) >= 11 is 0. The SMILES string of the molecule is O=c1c2cnn(-c3ccccc3)c2ncn1N=Cc1ccc(OCc2ccccc2)cc1. The van der Waals surface area contributed by atoms with Gasteiger partial charge in [-0.05, 0) is 47.5 Å². The number of aromatic nitrogens is 4. The minimum absolute atomic E-state index is 0.281. The van der Waals surface area contributed by atoms with Crippen LogP contribution < -0.4 is 10.3 Å². The Bertz CT molecular complexity index is 1420. The average molecular weight is 421 g/mol. The minimum Gasteiger partial charge on any atom is -0.489 e. The van der Waals surface area contributed by atoms with Gasteiger partial charge in [0.25, 0.3) is 5.56 Å². The predicted octanol–water partition coefficient (Wildman–Crippen LogP) is 4.04. The van der Waals surface area contributed by atoms with Gasteiger partial charge in [-0.3, -0.25) is 4.79 Å². The fraction of sp³-hybridized carbons (Fsp3) is 0.0400. The van der Waals surface area contributed by atoms with Crippen LogP contribution in [-0.2, 0) is 6.61 Å². The number of hydrogen-bond acceptors (Lipinski definition) is 5. The third kappa shape index (κ3) is 4.04. The van der Waals surface area contributed by atoms with E-state index in [1.165, 1.54) is 17.2 Å². The van der Waals surface area contributed by atoms with Gasteiger partial charge in [0.2, 0.25) is 0 Å². The van der Waals surface area contributed by atoms with Crippen molar-refractivity contribution in [2.24, 2.45) is 5.10 Å². The maximum atomic E-state index is 12.8. The number of rotatable bonds is 6. The summed E-state index contributed by atoms with van der Waals surface area (Å²) < 4.78 is 8.64. The van der Waals surface area contributed by atoms with Crippen LogP contribution in [0.25, 0.3) is 16.7 Å². The second kappa shape index (κ2) is 8.69. The molecule has 156 valence electrons. The van der Waals surface area contributed by atoms with Gasteiger partial charge in [-0.1, -0.05) is 48.5 Å². The minimum atomic E-state index is -0.281. The molecule has 0 aliphatic rings. The van der Waals surface area contributed by atoms with Gasteiger partial charge < -0.3 is 4.74 Å². The van der Waals surface area contributed by atoms with Crippen LogP contribution in [0.3, 0.4) is 0 Å². The van der Waals surface area contributed by atoms with Gasteiger partial charge in [-0.2, -0.15) is 14.9 Å². The van der Waals surface area contributed by atoms with E-state index < -0.39 is 0 Å². The van der Waals surface area contributed by atoms with E-state index in [1.54, 1.807) is 10.9 Å². The molecular weight excluding hydrogens is 402 g/mol. The topological polar surface area (TPSA) is 74.3 Å². The first-order chi connectivity index (χ1) is 15.8. The Morgan fingerprint density at radius 2 is 1.62 bits per heavy atom. The summed E-state index contributed by atoms with van der Waals surface area (Å²) in [4.78, 5) is 17.2. The molecule has 0 spiro atoms. The van der Waals surface area contributed by atoms with Crippen molar-refractivity contribution in [3.8, 4) is 11.4 Å². The van der Waals surface area contributed by atoms with Crippen molar-refractivity contribution in [2.45, 2.75) is 6.61 Å². The molecule has 0 amide bonds. The Balaban J connectivity index is 1.32. The van der Waals surface area contributed by atoms with Crippen LogP contribution in [0.15, 0.2) is 107 Å². The third-order valence-electron chi connectivity index (χ3n) is 4.93. The molecule has 2 aromatic heterocycles. The lowest BCUT2D eigenvalue weighted by Crippen LogP contribution is -2.17. The molecule has 0 aliphatic carbocycles. The maximum absolute atomic E-state index is 12.8. The van der Waals surface area contributed by atoms with E-state index in [4.69, 9.17) is 4.74 Å². The molecule has 32 heavy (non-hydrogen) atoms. The van der Waals surface area contributed by atoms with Crippen LogP contribution in [0.4, 0.5) is 0 Å². The highest BCUT2D eigenvalue weighted by Crippen LogP contribution is 2.14. The van der Waals surface area contributed by atoms with Crippen molar-refractivity contribution in [2.75, 3.05) is 0 Å². The first-order valence-electron chi connectivity index (χ1n) is 10.1. The Hall–Kier alpha value is -4.52. The highest BCUT2D eigenvalue weighted by molar-refractivity contribution is 5.80. The molecule has 0 bridgehead atoms. The molecule has 7 nitrogen and oxygen atoms in total. The lowest BCUT2D eigenvalue weighted by molar-refractivity contribution is 0.306. The standard InChI is InChI=1S/C25H19N5O2/c31-25-23-16-28-30(21-9-5-2-6-10-21)24(23)26-18-29(25)27-15-19-11-13-22(14-12-19)32-17-20-7-3-1-4-8-20/h1-16,18H,17H2. The number of nitrogens with zero attached hydrogens (tertiary/aromatic N) is 5. The molecule has 0 saturated heterocycles. The van der Waals surface area contributed by atoms with Gasteiger partial charge >= 0.3 is 0 Å². The summed E-state index contributed by atoms with van der Waals surface area (Å²) in [6, 6.07) is 27.1. The molecular formula is C25H19N5O2. The molecule has 0 radical (unpaired) electrons. The number of benzene rings is 3. The molecule has 0 saturated carbocycles. The highest BCUT2D eigenvalue weighted by Gasteiger charge is 2.10. The summed E-state index contributed by atoms with van der Waals surface area (Å²) in [5.41, 5.74) is 2.99. The largest absolute Gasteiger partial charge is 0.489 e. The van der Waals surface area contributed by atoms with Crippen molar-refractivity contribution in [3.63, 3.8) is 0 Å². The molecule has 5 aromatic rings. The van der Waals surface area contributed by atoms with E-state index >= 15 is 0 Å². The quantitative estimate of drug-likeness (QED) is 0.388. The Morgan fingerprint density at radius 1 is 0.906 bits per heavy atom. The molecule has 0 atom stereocenters. The van der Waals surface area contributed by atoms with E-state index in [0.717, 1.165) is 22.6 Å². The van der Waals surface area contributed by atoms with Crippen LogP contribution >= 0.6 is 0 Å². The lowest BCUT2D eigenvalue weighted by atomic mass is 10.2. The van der Waals surface area contributed by atoms with Crippen molar-refractivity contribution in [1.29, 1.82) is 0 Å². The lowest BCUT2D eigenvalue weighted by Gasteiger charge is -2.06. The van der Waals surface area contributed by atoms with E-state index in [1.807, 2.05) is 84.9 Å². The second-order valence-corrected chi connectivity index (χ2v) is 7.11. The van der Waals surface area contributed by atoms with E-state index in [0.29, 0.717) is 17.6 Å². The van der Waals surface area contributed by atoms with Crippen LogP contribution in [0.2, 0.25) is 0 Å². The van der Waals surface area contributed by atoms with Crippen LogP contribution in [0.5, 0.6) is 5.75 Å². The van der Waals surface area contributed by atoms with Crippen molar-refractivity contribution in [1.82, 2.24) is 19.4 Å². The molecule has 0 unspecified atom stereocenters. The zero-order valence-electron chi connectivity index (χ0n) is 17.1. The molecule has 0 N–H and O–H groups in total. The van der Waals surface area contributed by atoms with Crippen molar-refractivity contribution < 1.29 is 4.74 Å². The number of ether oxygens (including phenoxy) is 1. The molecule has 5 rings (SSSR count). The first kappa shape index (κ1) is 19.4. The Morgan fingerprint density at radius 3 is 2.38 bits per heavy atom. The number of fused-ring (bicyclic) bond motifs is 1. The Labute approximate surface area is 183 Å².